The summed E-state index contributed by atoms with van der Waals surface area (Å²) in [6, 6.07) is 90.0. The van der Waals surface area contributed by atoms with Crippen LogP contribution in [0.5, 0.6) is 23.0 Å². The molecule has 0 aliphatic rings. The van der Waals surface area contributed by atoms with Crippen molar-refractivity contribution in [2.45, 2.75) is 169 Å². The van der Waals surface area contributed by atoms with Crippen LogP contribution in [0.3, 0.4) is 0 Å². The van der Waals surface area contributed by atoms with Gasteiger partial charge in [0.25, 0.3) is 0 Å². The lowest BCUT2D eigenvalue weighted by atomic mass is 10.1. The van der Waals surface area contributed by atoms with Gasteiger partial charge in [0, 0.05) is 97.2 Å². The van der Waals surface area contributed by atoms with Gasteiger partial charge in [-0.05, 0) is 366 Å². The molecular weight excluding hydrogens is 1960 g/mol. The number of methoxy groups -OCH3 is 4. The fourth-order valence-electron chi connectivity index (χ4n) is 12.6. The zero-order valence-electron chi connectivity index (χ0n) is 88.1. The van der Waals surface area contributed by atoms with Crippen molar-refractivity contribution in [1.29, 1.82) is 0 Å². The highest BCUT2D eigenvalue weighted by molar-refractivity contribution is 6.33. The van der Waals surface area contributed by atoms with Crippen LogP contribution in [0.2, 0.25) is 25.1 Å². The van der Waals surface area contributed by atoms with Gasteiger partial charge in [0.1, 0.15) is 52.1 Å². The number of ether oxygens (including phenoxy) is 4. The molecule has 0 unspecified atom stereocenters. The molecule has 0 spiro atoms. The number of carbonyl (C=O) groups is 1. The van der Waals surface area contributed by atoms with Crippen molar-refractivity contribution in [1.82, 2.24) is 0 Å². The van der Waals surface area contributed by atoms with Gasteiger partial charge in [0.2, 0.25) is 5.91 Å². The normalized spacial score (nSPS) is 9.68. The summed E-state index contributed by atoms with van der Waals surface area (Å²) in [6.07, 6.45) is 0. The third-order valence-electron chi connectivity index (χ3n) is 21.8. The van der Waals surface area contributed by atoms with Crippen molar-refractivity contribution < 1.29 is 45.7 Å². The van der Waals surface area contributed by atoms with Crippen LogP contribution < -0.4 is 87.8 Å². The van der Waals surface area contributed by atoms with E-state index < -0.39 is 5.91 Å². The molecule has 0 aliphatic heterocycles. The summed E-state index contributed by atoms with van der Waals surface area (Å²) in [5, 5.41) is 3.04. The molecule has 17 nitrogen and oxygen atoms in total. The first-order valence-corrected chi connectivity index (χ1v) is 48.8. The Morgan fingerprint density at radius 2 is 0.653 bits per heavy atom. The largest absolute Gasteiger partial charge is 0.497 e. The van der Waals surface area contributed by atoms with Crippen LogP contribution in [0.1, 0.15) is 149 Å². The zero-order chi connectivity index (χ0) is 111. The average molecular weight is 2110 g/mol. The minimum absolute atomic E-state index is 0.178. The quantitative estimate of drug-likeness (QED) is 0.0335. The van der Waals surface area contributed by atoms with Crippen LogP contribution in [-0.2, 0) is 65.4 Å². The molecule has 790 valence electrons. The molecule has 0 fully saturated rings. The summed E-state index contributed by atoms with van der Waals surface area (Å²) in [5.41, 5.74) is 92.7. The number of nitrogen functional groups attached to an aromatic ring is 1. The molecule has 15 aromatic rings. The minimum atomic E-state index is -0.417. The van der Waals surface area contributed by atoms with Crippen LogP contribution in [-0.4, -0.2) is 34.3 Å². The number of halogens is 10. The second-order valence-corrected chi connectivity index (χ2v) is 35.3. The predicted octanol–water partition coefficient (Wildman–Crippen LogP) is 27.2. The van der Waals surface area contributed by atoms with Gasteiger partial charge >= 0.3 is 0 Å². The highest BCUT2D eigenvalue weighted by Crippen LogP contribution is 2.25. The first-order valence-electron chi connectivity index (χ1n) is 46.9. The third kappa shape index (κ3) is 54.1. The van der Waals surface area contributed by atoms with E-state index in [4.69, 9.17) is 146 Å². The van der Waals surface area contributed by atoms with Crippen molar-refractivity contribution in [2.75, 3.05) is 34.2 Å². The monoisotopic (exact) mass is 2110 g/mol. The summed E-state index contributed by atoms with van der Waals surface area (Å²) in [6.45, 7) is 34.4. The Labute approximate surface area is 894 Å². The molecule has 1 amide bonds. The van der Waals surface area contributed by atoms with Gasteiger partial charge in [-0.25, -0.2) is 22.0 Å². The van der Waals surface area contributed by atoms with Gasteiger partial charge in [-0.15, -0.1) is 0 Å². The van der Waals surface area contributed by atoms with Gasteiger partial charge in [0.15, 0.2) is 0 Å². The molecule has 0 heterocycles. The topological polar surface area (TPSA) is 366 Å². The number of hydrogen-bond donors (Lipinski definition) is 12. The van der Waals surface area contributed by atoms with Gasteiger partial charge < -0.3 is 87.8 Å². The molecule has 0 saturated carbocycles. The molecule has 0 aliphatic carbocycles. The second kappa shape index (κ2) is 75.2. The second-order valence-electron chi connectivity index (χ2n) is 33.1. The first-order chi connectivity index (χ1) is 69.8. The lowest BCUT2D eigenvalue weighted by molar-refractivity contribution is 0.0999. The zero-order valence-corrected chi connectivity index (χ0v) is 91.9. The molecule has 15 rings (SSSR count). The maximum Gasteiger partial charge on any atom is 0.248 e. The van der Waals surface area contributed by atoms with Gasteiger partial charge in [-0.1, -0.05) is 221 Å². The number of carbonyl (C=O) groups excluding carboxylic acids is 1. The summed E-state index contributed by atoms with van der Waals surface area (Å²) in [4.78, 5) is 10.7. The Balaban J connectivity index is 0.000000788. The van der Waals surface area contributed by atoms with E-state index >= 15 is 0 Å². The van der Waals surface area contributed by atoms with E-state index in [0.29, 0.717) is 91.3 Å². The minimum Gasteiger partial charge on any atom is -0.497 e. The lowest BCUT2D eigenvalue weighted by Crippen LogP contribution is -2.12. The van der Waals surface area contributed by atoms with Crippen LogP contribution in [0.4, 0.5) is 27.6 Å². The van der Waals surface area contributed by atoms with Crippen LogP contribution in [0.15, 0.2) is 297 Å². The van der Waals surface area contributed by atoms with Gasteiger partial charge in [0.05, 0.1) is 44.2 Å². The van der Waals surface area contributed by atoms with E-state index in [1.165, 1.54) is 109 Å². The van der Waals surface area contributed by atoms with E-state index in [-0.39, 0.29) is 40.7 Å². The maximum absolute atomic E-state index is 12.8. The van der Waals surface area contributed by atoms with Crippen molar-refractivity contribution in [2.24, 2.45) is 63.1 Å². The Morgan fingerprint density at radius 3 is 1.07 bits per heavy atom. The van der Waals surface area contributed by atoms with Crippen LogP contribution in [0, 0.1) is 133 Å². The molecule has 15 aromatic carbocycles. The number of anilines is 1. The Kier molecular flexibility index (Phi) is 67.8. The molecule has 0 atom stereocenters. The van der Waals surface area contributed by atoms with Crippen molar-refractivity contribution in [3.8, 4) is 23.0 Å². The van der Waals surface area contributed by atoms with Crippen LogP contribution in [0.25, 0.3) is 0 Å². The van der Waals surface area contributed by atoms with Crippen molar-refractivity contribution in [3.05, 3.63) is 496 Å². The molecule has 147 heavy (non-hydrogen) atoms. The van der Waals surface area contributed by atoms with E-state index in [0.717, 1.165) is 94.2 Å². The van der Waals surface area contributed by atoms with Crippen molar-refractivity contribution in [3.63, 3.8) is 0 Å². The van der Waals surface area contributed by atoms with Crippen LogP contribution >= 0.6 is 58.0 Å². The highest BCUT2D eigenvalue weighted by Gasteiger charge is 2.09. The summed E-state index contributed by atoms with van der Waals surface area (Å²) >= 11 is 28.0. The van der Waals surface area contributed by atoms with Gasteiger partial charge in [-0.3, -0.25) is 4.79 Å². The number of rotatable bonds is 15. The van der Waals surface area contributed by atoms with E-state index in [9.17, 15) is 26.7 Å². The fraction of sp³-hybridized carbons (Fsp3) is 0.242. The Morgan fingerprint density at radius 1 is 0.259 bits per heavy atom. The third-order valence-corrected chi connectivity index (χ3v) is 23.2. The molecule has 27 heteroatoms. The van der Waals surface area contributed by atoms with E-state index in [2.05, 4.69) is 39.0 Å². The maximum atomic E-state index is 12.8. The SMILES string of the molecule is COc1ccc(C)c(CN)c1.COc1ccc(C)cc1.COc1ccc(CN)c(C)c1.COc1cccc(C)c1CN.Cc1c(F)cccc1CN.Cc1cc(CN)ccc1CN.Cc1cc(Cl)ccc1C(N)=O.Cc1cc(F)ccc1CN.Cc1ccc(Cl)c(F)c1.Cc1ccc(Cl)c(N)c1.Cc1ccc(Cl)cc1.Cc1ccc(F)cc1CN.Cc1cccc(Cl)c1.Cc1cccc(F)c1CN.Cc1ccccc1CN. The first kappa shape index (κ1) is 132. The fourth-order valence-corrected chi connectivity index (χ4v) is 13.5. The highest BCUT2D eigenvalue weighted by atomic mass is 35.5. The number of benzene rings is 15. The number of primary amides is 1. The number of aryl methyl sites for hydroxylation is 14. The smallest absolute Gasteiger partial charge is 0.248 e. The molecular formula is C120H150Cl5F5N12O5. The molecule has 0 saturated heterocycles. The summed E-state index contributed by atoms with van der Waals surface area (Å²) in [5.74, 6) is 1.99. The standard InChI is InChI=1S/C9H14N2.3C9H13NO.C8H8ClNO.4C8H10FN.C8H11N.C8H10O.C7H6ClF.C7H8ClN.2C7H7Cl/c1-7-4-8(5-10)2-3-9(7)6-11;1-7-5-9(11-2)4-3-8(7)6-10;1-7-3-4-9(11-2)5-8(7)6-10;1-7-4-3-5-9(11-2)8(7)6-10;1-5-4-6(9)2-3-7(5)8(10)11;1-6-4-8(9)3-2-7(6)5-10;1-6-2-3-8(9)4-7(6)5-10;1-6-7(5-10)3-2-4-8(6)9;1-6-3-2-4-8(9)7(6)5-10;1-7-4-2-3-5-8(7)6-9;1-7-3-5-8(9-2)6-4-7;2*1-5-2-3-6(8)7(9)4-5;1-6-2-4-7(8)5-3-6;1-6-3-2-4-7(8)5-6/h2-4H,5-6,10-11H2,1H3;3*3-5H,6,10H2,1-2H3;2-4H,1H3,(H2,10,11);4*2-4H,5,10H2,1H3;2-5H,6,9H2,1H3;3-6H,1-2H3;2-4H,1H3;2-4H,9H2,1H3;2*2-5H,1H3. The van der Waals surface area contributed by atoms with E-state index in [1.807, 2.05) is 245 Å². The van der Waals surface area contributed by atoms with E-state index in [1.54, 1.807) is 103 Å². The summed E-state index contributed by atoms with van der Waals surface area (Å²) < 4.78 is 83.1. The molecule has 0 radical (unpaired) electrons. The molecule has 0 bridgehead atoms. The van der Waals surface area contributed by atoms with Gasteiger partial charge in [-0.2, -0.15) is 0 Å². The lowest BCUT2D eigenvalue weighted by Gasteiger charge is -2.08. The Hall–Kier alpha value is -12.5. The molecule has 24 N–H and O–H groups in total. The average Bonchev–Trinajstić information content (AvgIpc) is 0.945. The number of hydrogen-bond acceptors (Lipinski definition) is 16. The molecule has 0 aromatic heterocycles. The van der Waals surface area contributed by atoms with Crippen molar-refractivity contribution >= 4 is 69.6 Å². The summed E-state index contributed by atoms with van der Waals surface area (Å²) in [7, 11) is 6.65. The Bertz CT molecular complexity index is 6190. The predicted molar refractivity (Wildman–Crippen MR) is 611 cm³/mol. The number of nitrogens with two attached hydrogens (primary N) is 12. The number of amides is 1.